The molecule has 174 valence electrons. The smallest absolute Gasteiger partial charge is 0.335 e. The number of aromatic carboxylic acids is 1. The van der Waals surface area contributed by atoms with Crippen LogP contribution in [0.1, 0.15) is 54.2 Å². The lowest BCUT2D eigenvalue weighted by Gasteiger charge is -2.34. The first-order chi connectivity index (χ1) is 16.0. The summed E-state index contributed by atoms with van der Waals surface area (Å²) in [4.78, 5) is 27.2. The Kier molecular flexibility index (Phi) is 5.19. The van der Waals surface area contributed by atoms with Crippen LogP contribution in [0.2, 0.25) is 10.0 Å². The zero-order valence-corrected chi connectivity index (χ0v) is 20.5. The summed E-state index contributed by atoms with van der Waals surface area (Å²) in [6, 6.07) is 15.6. The minimum Gasteiger partial charge on any atom is -0.488 e. The molecule has 2 aliphatic rings. The molecule has 1 amide bonds. The quantitative estimate of drug-likeness (QED) is 0.434. The summed E-state index contributed by atoms with van der Waals surface area (Å²) in [5, 5.41) is 10.1. The van der Waals surface area contributed by atoms with Gasteiger partial charge in [0.2, 0.25) is 5.91 Å². The lowest BCUT2D eigenvalue weighted by Crippen LogP contribution is -2.37. The molecule has 2 aliphatic heterocycles. The van der Waals surface area contributed by atoms with Gasteiger partial charge >= 0.3 is 5.97 Å². The second-order valence-corrected chi connectivity index (χ2v) is 10.4. The highest BCUT2D eigenvalue weighted by Crippen LogP contribution is 2.52. The van der Waals surface area contributed by atoms with E-state index in [0.29, 0.717) is 27.0 Å². The van der Waals surface area contributed by atoms with Crippen molar-refractivity contribution in [2.45, 2.75) is 44.6 Å². The predicted octanol–water partition coefficient (Wildman–Crippen LogP) is 6.78. The SMILES string of the molecule is CC1(C)CCc2cc(C3(C)C(=O)N(c4cccc(C(=O)O)c4)c4cc(Cl)c(Cl)cc43)ccc2O1. The summed E-state index contributed by atoms with van der Waals surface area (Å²) in [7, 11) is 0. The van der Waals surface area contributed by atoms with E-state index in [2.05, 4.69) is 13.8 Å². The number of nitrogens with zero attached hydrogens (tertiary/aromatic N) is 1. The van der Waals surface area contributed by atoms with E-state index in [1.165, 1.54) is 17.0 Å². The average molecular weight is 496 g/mol. The predicted molar refractivity (Wildman–Crippen MR) is 133 cm³/mol. The summed E-state index contributed by atoms with van der Waals surface area (Å²) in [6.45, 7) is 6.00. The molecule has 0 bridgehead atoms. The van der Waals surface area contributed by atoms with Gasteiger partial charge in [-0.1, -0.05) is 41.4 Å². The van der Waals surface area contributed by atoms with Crippen LogP contribution in [0, 0.1) is 0 Å². The summed E-state index contributed by atoms with van der Waals surface area (Å²) in [6.07, 6.45) is 1.72. The molecule has 5 nitrogen and oxygen atoms in total. The van der Waals surface area contributed by atoms with E-state index in [1.54, 1.807) is 24.3 Å². The van der Waals surface area contributed by atoms with Gasteiger partial charge in [-0.15, -0.1) is 0 Å². The van der Waals surface area contributed by atoms with Crippen molar-refractivity contribution in [2.24, 2.45) is 0 Å². The van der Waals surface area contributed by atoms with Gasteiger partial charge in [0.15, 0.2) is 0 Å². The zero-order valence-electron chi connectivity index (χ0n) is 19.0. The molecule has 1 unspecified atom stereocenters. The second kappa shape index (κ2) is 7.76. The fraction of sp³-hybridized carbons (Fsp3) is 0.259. The van der Waals surface area contributed by atoms with Gasteiger partial charge in [-0.3, -0.25) is 9.69 Å². The highest BCUT2D eigenvalue weighted by molar-refractivity contribution is 6.42. The number of hydrogen-bond donors (Lipinski definition) is 1. The number of anilines is 2. The number of rotatable bonds is 3. The van der Waals surface area contributed by atoms with Crippen molar-refractivity contribution < 1.29 is 19.4 Å². The van der Waals surface area contributed by atoms with Crippen molar-refractivity contribution >= 4 is 46.5 Å². The van der Waals surface area contributed by atoms with Gasteiger partial charge in [-0.05, 0) is 86.7 Å². The van der Waals surface area contributed by atoms with Crippen molar-refractivity contribution in [1.82, 2.24) is 0 Å². The Bertz CT molecular complexity index is 1370. The van der Waals surface area contributed by atoms with Crippen molar-refractivity contribution in [2.75, 3.05) is 4.90 Å². The molecule has 0 spiro atoms. The number of carbonyl (C=O) groups is 2. The van der Waals surface area contributed by atoms with E-state index >= 15 is 0 Å². The normalized spacial score (nSPS) is 20.5. The highest BCUT2D eigenvalue weighted by Gasteiger charge is 2.50. The van der Waals surface area contributed by atoms with Crippen LogP contribution >= 0.6 is 23.2 Å². The number of aryl methyl sites for hydroxylation is 1. The van der Waals surface area contributed by atoms with Crippen LogP contribution in [0.5, 0.6) is 5.75 Å². The van der Waals surface area contributed by atoms with Gasteiger partial charge in [0.05, 0.1) is 26.7 Å². The molecule has 0 aliphatic carbocycles. The maximum Gasteiger partial charge on any atom is 0.335 e. The van der Waals surface area contributed by atoms with Crippen LogP contribution in [-0.2, 0) is 16.6 Å². The van der Waals surface area contributed by atoms with Gasteiger partial charge in [-0.2, -0.15) is 0 Å². The molecule has 0 aromatic heterocycles. The molecule has 0 fully saturated rings. The van der Waals surface area contributed by atoms with Crippen LogP contribution in [0.4, 0.5) is 11.4 Å². The molecule has 1 atom stereocenters. The van der Waals surface area contributed by atoms with Gasteiger partial charge in [0.25, 0.3) is 0 Å². The van der Waals surface area contributed by atoms with Crippen LogP contribution in [0.15, 0.2) is 54.6 Å². The van der Waals surface area contributed by atoms with E-state index in [0.717, 1.165) is 29.7 Å². The summed E-state index contributed by atoms with van der Waals surface area (Å²) >= 11 is 12.8. The number of hydrogen-bond acceptors (Lipinski definition) is 3. The number of carboxylic acid groups (broad SMARTS) is 1. The third-order valence-electron chi connectivity index (χ3n) is 6.82. The maximum atomic E-state index is 14.1. The number of ether oxygens (including phenoxy) is 1. The lowest BCUT2D eigenvalue weighted by molar-refractivity contribution is -0.120. The Morgan fingerprint density at radius 2 is 1.76 bits per heavy atom. The number of fused-ring (bicyclic) bond motifs is 2. The van der Waals surface area contributed by atoms with E-state index in [9.17, 15) is 14.7 Å². The topological polar surface area (TPSA) is 66.8 Å². The number of amides is 1. The maximum absolute atomic E-state index is 14.1. The fourth-order valence-electron chi connectivity index (χ4n) is 4.85. The Hall–Kier alpha value is -3.02. The fourth-order valence-corrected chi connectivity index (χ4v) is 5.17. The summed E-state index contributed by atoms with van der Waals surface area (Å²) in [5.41, 5.74) is 2.43. The zero-order chi connectivity index (χ0) is 24.4. The van der Waals surface area contributed by atoms with Gasteiger partial charge in [0.1, 0.15) is 11.4 Å². The molecular weight excluding hydrogens is 473 g/mol. The summed E-state index contributed by atoms with van der Waals surface area (Å²) in [5.74, 6) is -0.446. The third kappa shape index (κ3) is 3.46. The minimum atomic E-state index is -1.07. The first-order valence-electron chi connectivity index (χ1n) is 11.0. The molecule has 3 aromatic rings. The average Bonchev–Trinajstić information content (AvgIpc) is 3.00. The molecule has 0 saturated heterocycles. The molecule has 5 rings (SSSR count). The van der Waals surface area contributed by atoms with Crippen LogP contribution in [-0.4, -0.2) is 22.6 Å². The van der Waals surface area contributed by atoms with E-state index in [4.69, 9.17) is 27.9 Å². The lowest BCUT2D eigenvalue weighted by atomic mass is 9.76. The third-order valence-corrected chi connectivity index (χ3v) is 7.54. The first-order valence-corrected chi connectivity index (χ1v) is 11.8. The largest absolute Gasteiger partial charge is 0.488 e. The van der Waals surface area contributed by atoms with Gasteiger partial charge in [0, 0.05) is 5.69 Å². The monoisotopic (exact) mass is 495 g/mol. The minimum absolute atomic E-state index is 0.0917. The van der Waals surface area contributed by atoms with Crippen LogP contribution < -0.4 is 9.64 Å². The number of carboxylic acids is 1. The molecule has 0 radical (unpaired) electrons. The molecule has 2 heterocycles. The molecular formula is C27H23Cl2NO4. The number of halogens is 2. The molecule has 7 heteroatoms. The van der Waals surface area contributed by atoms with E-state index in [-0.39, 0.29) is 17.1 Å². The van der Waals surface area contributed by atoms with Gasteiger partial charge < -0.3 is 9.84 Å². The van der Waals surface area contributed by atoms with E-state index < -0.39 is 11.4 Å². The highest BCUT2D eigenvalue weighted by atomic mass is 35.5. The molecule has 34 heavy (non-hydrogen) atoms. The van der Waals surface area contributed by atoms with Crippen LogP contribution in [0.25, 0.3) is 0 Å². The second-order valence-electron chi connectivity index (χ2n) is 9.59. The van der Waals surface area contributed by atoms with Crippen LogP contribution in [0.3, 0.4) is 0 Å². The van der Waals surface area contributed by atoms with Crippen molar-refractivity contribution in [3.63, 3.8) is 0 Å². The Morgan fingerprint density at radius 3 is 2.50 bits per heavy atom. The van der Waals surface area contributed by atoms with Crippen molar-refractivity contribution in [3.8, 4) is 5.75 Å². The summed E-state index contributed by atoms with van der Waals surface area (Å²) < 4.78 is 6.14. The molecule has 1 N–H and O–H groups in total. The number of benzene rings is 3. The van der Waals surface area contributed by atoms with Crippen molar-refractivity contribution in [1.29, 1.82) is 0 Å². The Labute approximate surface area is 207 Å². The Morgan fingerprint density at radius 1 is 1.03 bits per heavy atom. The standard InChI is InChI=1S/C27H23Cl2NO4/c1-26(2)10-9-15-11-17(7-8-23(15)34-26)27(3)19-13-20(28)21(29)14-22(19)30(25(27)33)18-6-4-5-16(12-18)24(31)32/h4-8,11-14H,9-10H2,1-3H3,(H,31,32). The first kappa shape index (κ1) is 22.8. The Balaban J connectivity index is 1.69. The van der Waals surface area contributed by atoms with E-state index in [1.807, 2.05) is 25.1 Å². The molecule has 3 aromatic carbocycles. The van der Waals surface area contributed by atoms with Crippen molar-refractivity contribution in [3.05, 3.63) is 86.9 Å². The molecule has 0 saturated carbocycles. The number of carbonyl (C=O) groups excluding carboxylic acids is 1. The van der Waals surface area contributed by atoms with Gasteiger partial charge in [-0.25, -0.2) is 4.79 Å².